The smallest absolute Gasteiger partial charge is 0.264 e. The van der Waals surface area contributed by atoms with Crippen LogP contribution in [0.15, 0.2) is 102 Å². The van der Waals surface area contributed by atoms with E-state index in [-0.39, 0.29) is 39.8 Å². The summed E-state index contributed by atoms with van der Waals surface area (Å²) in [6.07, 6.45) is 0. The maximum atomic E-state index is 14.0. The third-order valence-electron chi connectivity index (χ3n) is 6.28. The van der Waals surface area contributed by atoms with Crippen molar-refractivity contribution in [1.29, 1.82) is 0 Å². The quantitative estimate of drug-likeness (QED) is 0.219. The van der Waals surface area contributed by atoms with E-state index in [1.165, 1.54) is 11.4 Å². The Morgan fingerprint density at radius 3 is 2.15 bits per heavy atom. The minimum Gasteiger partial charge on any atom is -0.383 e. The van der Waals surface area contributed by atoms with E-state index in [4.69, 9.17) is 16.3 Å². The van der Waals surface area contributed by atoms with E-state index in [1.54, 1.807) is 97.1 Å². The molecule has 0 saturated heterocycles. The van der Waals surface area contributed by atoms with E-state index in [1.807, 2.05) is 6.92 Å². The number of anilines is 2. The third kappa shape index (κ3) is 7.32. The highest BCUT2D eigenvalue weighted by molar-refractivity contribution is 7.92. The number of para-hydroxylation sites is 2. The van der Waals surface area contributed by atoms with Gasteiger partial charge in [-0.25, -0.2) is 8.42 Å². The molecule has 212 valence electrons. The largest absolute Gasteiger partial charge is 0.383 e. The number of nitrogens with zero attached hydrogens (tertiary/aromatic N) is 1. The van der Waals surface area contributed by atoms with Crippen molar-refractivity contribution in [2.75, 3.05) is 29.9 Å². The number of hydrogen-bond donors (Lipinski definition) is 2. The molecule has 2 amide bonds. The Kier molecular flexibility index (Phi) is 9.78. The van der Waals surface area contributed by atoms with Crippen molar-refractivity contribution < 1.29 is 22.7 Å². The van der Waals surface area contributed by atoms with Crippen LogP contribution in [0.5, 0.6) is 0 Å². The molecule has 0 atom stereocenters. The summed E-state index contributed by atoms with van der Waals surface area (Å²) in [7, 11) is -2.56. The average molecular weight is 592 g/mol. The first kappa shape index (κ1) is 29.8. The Morgan fingerprint density at radius 1 is 0.829 bits per heavy atom. The molecule has 0 spiro atoms. The number of sulfonamides is 1. The summed E-state index contributed by atoms with van der Waals surface area (Å²) in [5.41, 5.74) is 2.44. The topological polar surface area (TPSA) is 105 Å². The minimum atomic E-state index is -4.10. The van der Waals surface area contributed by atoms with Crippen molar-refractivity contribution in [2.45, 2.75) is 18.4 Å². The molecule has 0 aliphatic rings. The molecular formula is C31H30ClN3O5S. The van der Waals surface area contributed by atoms with Gasteiger partial charge in [-0.2, -0.15) is 0 Å². The fourth-order valence-electron chi connectivity index (χ4n) is 4.12. The summed E-state index contributed by atoms with van der Waals surface area (Å²) in [4.78, 5) is 26.5. The van der Waals surface area contributed by atoms with Crippen LogP contribution in [0.2, 0.25) is 5.02 Å². The van der Waals surface area contributed by atoms with Crippen molar-refractivity contribution in [1.82, 2.24) is 5.32 Å². The Morgan fingerprint density at radius 2 is 1.46 bits per heavy atom. The molecule has 0 unspecified atom stereocenters. The van der Waals surface area contributed by atoms with Gasteiger partial charge in [-0.3, -0.25) is 13.9 Å². The van der Waals surface area contributed by atoms with Crippen molar-refractivity contribution in [3.05, 3.63) is 124 Å². The van der Waals surface area contributed by atoms with E-state index < -0.39 is 15.9 Å². The van der Waals surface area contributed by atoms with E-state index in [0.717, 1.165) is 5.56 Å². The Balaban J connectivity index is 1.73. The van der Waals surface area contributed by atoms with E-state index in [9.17, 15) is 18.0 Å². The van der Waals surface area contributed by atoms with Gasteiger partial charge in [-0.15, -0.1) is 0 Å². The molecule has 10 heteroatoms. The van der Waals surface area contributed by atoms with Crippen LogP contribution < -0.4 is 14.9 Å². The number of halogens is 1. The molecule has 0 aromatic heterocycles. The summed E-state index contributed by atoms with van der Waals surface area (Å²) in [6.45, 7) is 2.47. The molecule has 41 heavy (non-hydrogen) atoms. The van der Waals surface area contributed by atoms with Crippen LogP contribution in [-0.4, -0.2) is 40.5 Å². The van der Waals surface area contributed by atoms with Gasteiger partial charge in [-0.05, 0) is 61.0 Å². The molecule has 4 aromatic rings. The van der Waals surface area contributed by atoms with Crippen LogP contribution in [-0.2, 0) is 21.3 Å². The minimum absolute atomic E-state index is 0.0455. The summed E-state index contributed by atoms with van der Waals surface area (Å²) in [6, 6.07) is 26.4. The normalized spacial score (nSPS) is 11.1. The van der Waals surface area contributed by atoms with Crippen molar-refractivity contribution in [3.8, 4) is 0 Å². The second kappa shape index (κ2) is 13.5. The number of carbonyl (C=O) groups is 2. The second-order valence-corrected chi connectivity index (χ2v) is 11.5. The highest BCUT2D eigenvalue weighted by atomic mass is 35.5. The average Bonchev–Trinajstić information content (AvgIpc) is 2.97. The standard InChI is InChI=1S/C31H30ClN3O5S/c1-22-11-17-25(18-12-22)41(38,39)35(21-23-13-15-24(32)16-14-23)29-10-6-4-8-27(29)31(37)34-28-9-5-3-7-26(28)30(36)33-19-20-40-2/h3-18H,19-21H2,1-2H3,(H,33,36)(H,34,37). The zero-order valence-corrected chi connectivity index (χ0v) is 24.2. The molecule has 0 heterocycles. The van der Waals surface area contributed by atoms with Crippen molar-refractivity contribution in [3.63, 3.8) is 0 Å². The van der Waals surface area contributed by atoms with Gasteiger partial charge in [0.15, 0.2) is 0 Å². The highest BCUT2D eigenvalue weighted by Gasteiger charge is 2.29. The lowest BCUT2D eigenvalue weighted by Crippen LogP contribution is -2.32. The Hall–Kier alpha value is -4.18. The predicted octanol–water partition coefficient (Wildman–Crippen LogP) is 5.67. The molecule has 2 N–H and O–H groups in total. The number of hydrogen-bond acceptors (Lipinski definition) is 5. The first-order chi connectivity index (χ1) is 19.7. The number of nitrogens with one attached hydrogen (secondary N) is 2. The number of methoxy groups -OCH3 is 1. The van der Waals surface area contributed by atoms with Crippen LogP contribution in [0.1, 0.15) is 31.8 Å². The lowest BCUT2D eigenvalue weighted by atomic mass is 10.1. The van der Waals surface area contributed by atoms with E-state index in [2.05, 4.69) is 10.6 Å². The second-order valence-electron chi connectivity index (χ2n) is 9.22. The first-order valence-corrected chi connectivity index (χ1v) is 14.6. The predicted molar refractivity (Wildman–Crippen MR) is 161 cm³/mol. The molecule has 0 fully saturated rings. The fraction of sp³-hybridized carbons (Fsp3) is 0.161. The maximum absolute atomic E-state index is 14.0. The number of aryl methyl sites for hydroxylation is 1. The summed E-state index contributed by atoms with van der Waals surface area (Å²) in [5.74, 6) is -0.949. The van der Waals surface area contributed by atoms with Gasteiger partial charge in [0.05, 0.1) is 40.5 Å². The molecule has 0 bridgehead atoms. The van der Waals surface area contributed by atoms with Gasteiger partial charge in [0.25, 0.3) is 21.8 Å². The summed E-state index contributed by atoms with van der Waals surface area (Å²) < 4.78 is 34.2. The molecule has 0 saturated carbocycles. The van der Waals surface area contributed by atoms with Gasteiger partial charge in [0, 0.05) is 18.7 Å². The zero-order valence-electron chi connectivity index (χ0n) is 22.6. The molecule has 0 aliphatic carbocycles. The van der Waals surface area contributed by atoms with Gasteiger partial charge in [0.2, 0.25) is 0 Å². The maximum Gasteiger partial charge on any atom is 0.264 e. The third-order valence-corrected chi connectivity index (χ3v) is 8.30. The number of amides is 2. The van der Waals surface area contributed by atoms with Crippen LogP contribution in [0.4, 0.5) is 11.4 Å². The van der Waals surface area contributed by atoms with Gasteiger partial charge in [0.1, 0.15) is 0 Å². The molecule has 4 rings (SSSR count). The Bertz CT molecular complexity index is 1620. The molecule has 8 nitrogen and oxygen atoms in total. The van der Waals surface area contributed by atoms with Crippen LogP contribution in [0.25, 0.3) is 0 Å². The van der Waals surface area contributed by atoms with Crippen LogP contribution >= 0.6 is 11.6 Å². The highest BCUT2D eigenvalue weighted by Crippen LogP contribution is 2.30. The number of rotatable bonds is 11. The number of ether oxygens (including phenoxy) is 1. The lowest BCUT2D eigenvalue weighted by molar-refractivity contribution is 0.0938. The summed E-state index contributed by atoms with van der Waals surface area (Å²) >= 11 is 6.06. The molecule has 4 aromatic carbocycles. The van der Waals surface area contributed by atoms with E-state index >= 15 is 0 Å². The summed E-state index contributed by atoms with van der Waals surface area (Å²) in [5, 5.41) is 6.06. The van der Waals surface area contributed by atoms with Crippen LogP contribution in [0, 0.1) is 6.92 Å². The van der Waals surface area contributed by atoms with Crippen molar-refractivity contribution in [2.24, 2.45) is 0 Å². The van der Waals surface area contributed by atoms with Gasteiger partial charge >= 0.3 is 0 Å². The molecule has 0 aliphatic heterocycles. The number of benzene rings is 4. The van der Waals surface area contributed by atoms with E-state index in [0.29, 0.717) is 23.7 Å². The lowest BCUT2D eigenvalue weighted by Gasteiger charge is -2.27. The van der Waals surface area contributed by atoms with Crippen LogP contribution in [0.3, 0.4) is 0 Å². The Labute approximate surface area is 245 Å². The van der Waals surface area contributed by atoms with Crippen molar-refractivity contribution >= 4 is 44.8 Å². The monoisotopic (exact) mass is 591 g/mol. The first-order valence-electron chi connectivity index (χ1n) is 12.8. The van der Waals surface area contributed by atoms with Gasteiger partial charge in [-0.1, -0.05) is 65.7 Å². The number of carbonyl (C=O) groups excluding carboxylic acids is 2. The SMILES string of the molecule is COCCNC(=O)c1ccccc1NC(=O)c1ccccc1N(Cc1ccc(Cl)cc1)S(=O)(=O)c1ccc(C)cc1. The molecule has 0 radical (unpaired) electrons. The fourth-order valence-corrected chi connectivity index (χ4v) is 5.72. The zero-order chi connectivity index (χ0) is 29.4. The van der Waals surface area contributed by atoms with Gasteiger partial charge < -0.3 is 15.4 Å². The molecular weight excluding hydrogens is 562 g/mol.